The van der Waals surface area contributed by atoms with E-state index in [2.05, 4.69) is 49.7 Å². The first kappa shape index (κ1) is 16.9. The van der Waals surface area contributed by atoms with E-state index >= 15 is 0 Å². The molecular formula is C19H21N5O. The Morgan fingerprint density at radius 1 is 1.00 bits per heavy atom. The highest BCUT2D eigenvalue weighted by Crippen LogP contribution is 2.25. The van der Waals surface area contributed by atoms with Gasteiger partial charge in [-0.15, -0.1) is 5.10 Å². The molecule has 2 aromatic carbocycles. The Labute approximate surface area is 147 Å². The predicted octanol–water partition coefficient (Wildman–Crippen LogP) is 3.27. The van der Waals surface area contributed by atoms with Gasteiger partial charge in [-0.1, -0.05) is 48.5 Å². The molecule has 0 spiro atoms. The smallest absolute Gasteiger partial charge is 0.244 e. The average molecular weight is 335 g/mol. The van der Waals surface area contributed by atoms with Crippen molar-refractivity contribution < 1.29 is 4.74 Å². The molecular weight excluding hydrogens is 314 g/mol. The number of nitrogens with one attached hydrogen (secondary N) is 1. The Bertz CT molecular complexity index is 767. The lowest BCUT2D eigenvalue weighted by molar-refractivity contribution is 0.210. The van der Waals surface area contributed by atoms with Crippen LogP contribution in [-0.4, -0.2) is 35.4 Å². The van der Waals surface area contributed by atoms with Gasteiger partial charge in [-0.25, -0.2) is 0 Å². The number of hydrogen-bond acceptors (Lipinski definition) is 6. The molecule has 0 aliphatic heterocycles. The minimum Gasteiger partial charge on any atom is -0.383 e. The van der Waals surface area contributed by atoms with Crippen LogP contribution in [-0.2, 0) is 11.3 Å². The molecule has 0 saturated heterocycles. The number of nitrogens with zero attached hydrogens (tertiary/aromatic N) is 4. The van der Waals surface area contributed by atoms with Crippen molar-refractivity contribution in [1.29, 1.82) is 0 Å². The standard InChI is InChI=1S/C19H21N5O/c1-25-13-12-20-19-22-18(14-21-23-19)24(17-10-6-3-7-11-17)15-16-8-4-2-5-9-16/h2-11,14H,12-13,15H2,1H3,(H,20,22,23). The summed E-state index contributed by atoms with van der Waals surface area (Å²) in [5, 5.41) is 11.3. The van der Waals surface area contributed by atoms with Crippen LogP contribution in [0.4, 0.5) is 17.5 Å². The fourth-order valence-electron chi connectivity index (χ4n) is 2.44. The topological polar surface area (TPSA) is 63.2 Å². The minimum absolute atomic E-state index is 0.489. The van der Waals surface area contributed by atoms with Crippen molar-refractivity contribution in [1.82, 2.24) is 15.2 Å². The molecule has 1 aromatic heterocycles. The van der Waals surface area contributed by atoms with Crippen molar-refractivity contribution in [3.63, 3.8) is 0 Å². The monoisotopic (exact) mass is 335 g/mol. The van der Waals surface area contributed by atoms with E-state index in [1.165, 1.54) is 5.56 Å². The first-order valence-electron chi connectivity index (χ1n) is 8.16. The minimum atomic E-state index is 0.489. The van der Waals surface area contributed by atoms with Crippen LogP contribution in [0.5, 0.6) is 0 Å². The van der Waals surface area contributed by atoms with Crippen LogP contribution in [0.2, 0.25) is 0 Å². The molecule has 0 atom stereocenters. The van der Waals surface area contributed by atoms with E-state index in [0.29, 0.717) is 25.6 Å². The summed E-state index contributed by atoms with van der Waals surface area (Å²) in [7, 11) is 1.66. The second kappa shape index (κ2) is 8.75. The lowest BCUT2D eigenvalue weighted by atomic mass is 10.2. The predicted molar refractivity (Wildman–Crippen MR) is 98.9 cm³/mol. The summed E-state index contributed by atoms with van der Waals surface area (Å²) in [6, 6.07) is 20.4. The van der Waals surface area contributed by atoms with Crippen molar-refractivity contribution in [3.05, 3.63) is 72.4 Å². The molecule has 0 unspecified atom stereocenters. The SMILES string of the molecule is COCCNc1nncc(N(Cc2ccccc2)c2ccccc2)n1. The molecule has 0 aliphatic rings. The molecule has 0 bridgehead atoms. The van der Waals surface area contributed by atoms with Crippen molar-refractivity contribution in [3.8, 4) is 0 Å². The van der Waals surface area contributed by atoms with Gasteiger partial charge in [0.1, 0.15) is 0 Å². The van der Waals surface area contributed by atoms with Gasteiger partial charge in [0.2, 0.25) is 5.95 Å². The molecule has 0 saturated carbocycles. The summed E-state index contributed by atoms with van der Waals surface area (Å²) in [5.41, 5.74) is 2.24. The van der Waals surface area contributed by atoms with E-state index in [4.69, 9.17) is 4.74 Å². The second-order valence-electron chi connectivity index (χ2n) is 5.47. The highest BCUT2D eigenvalue weighted by atomic mass is 16.5. The van der Waals surface area contributed by atoms with Crippen molar-refractivity contribution in [2.24, 2.45) is 0 Å². The van der Waals surface area contributed by atoms with Crippen LogP contribution in [0.15, 0.2) is 66.9 Å². The molecule has 1 heterocycles. The van der Waals surface area contributed by atoms with Gasteiger partial charge in [0.25, 0.3) is 0 Å². The van der Waals surface area contributed by atoms with E-state index in [1.807, 2.05) is 36.4 Å². The molecule has 6 nitrogen and oxygen atoms in total. The molecule has 128 valence electrons. The largest absolute Gasteiger partial charge is 0.383 e. The molecule has 0 fully saturated rings. The number of benzene rings is 2. The van der Waals surface area contributed by atoms with Crippen LogP contribution in [0.1, 0.15) is 5.56 Å². The lowest BCUT2D eigenvalue weighted by Crippen LogP contribution is -2.19. The molecule has 0 amide bonds. The van der Waals surface area contributed by atoms with Gasteiger partial charge in [0, 0.05) is 25.9 Å². The van der Waals surface area contributed by atoms with E-state index in [9.17, 15) is 0 Å². The number of anilines is 3. The lowest BCUT2D eigenvalue weighted by Gasteiger charge is -2.24. The maximum atomic E-state index is 5.04. The maximum Gasteiger partial charge on any atom is 0.244 e. The van der Waals surface area contributed by atoms with Gasteiger partial charge >= 0.3 is 0 Å². The average Bonchev–Trinajstić information content (AvgIpc) is 2.68. The summed E-state index contributed by atoms with van der Waals surface area (Å²) in [6.07, 6.45) is 1.68. The van der Waals surface area contributed by atoms with Crippen LogP contribution in [0.3, 0.4) is 0 Å². The van der Waals surface area contributed by atoms with Crippen LogP contribution in [0, 0.1) is 0 Å². The van der Waals surface area contributed by atoms with E-state index in [1.54, 1.807) is 13.3 Å². The highest BCUT2D eigenvalue weighted by molar-refractivity contribution is 5.60. The van der Waals surface area contributed by atoms with Crippen LogP contribution < -0.4 is 10.2 Å². The van der Waals surface area contributed by atoms with Crippen molar-refractivity contribution >= 4 is 17.5 Å². The van der Waals surface area contributed by atoms with Gasteiger partial charge in [0.05, 0.1) is 12.8 Å². The molecule has 0 aliphatic carbocycles. The van der Waals surface area contributed by atoms with E-state index in [0.717, 1.165) is 11.5 Å². The number of ether oxygens (including phenoxy) is 1. The zero-order valence-corrected chi connectivity index (χ0v) is 14.2. The van der Waals surface area contributed by atoms with Crippen LogP contribution >= 0.6 is 0 Å². The summed E-state index contributed by atoms with van der Waals surface area (Å²) < 4.78 is 5.04. The highest BCUT2D eigenvalue weighted by Gasteiger charge is 2.13. The van der Waals surface area contributed by atoms with Crippen molar-refractivity contribution in [2.45, 2.75) is 6.54 Å². The number of aromatic nitrogens is 3. The van der Waals surface area contributed by atoms with Gasteiger partial charge in [0.15, 0.2) is 5.82 Å². The normalized spacial score (nSPS) is 10.4. The number of hydrogen-bond donors (Lipinski definition) is 1. The summed E-state index contributed by atoms with van der Waals surface area (Å²) in [5.74, 6) is 1.23. The number of rotatable bonds is 8. The maximum absolute atomic E-state index is 5.04. The van der Waals surface area contributed by atoms with Gasteiger partial charge < -0.3 is 15.0 Å². The van der Waals surface area contributed by atoms with Crippen LogP contribution in [0.25, 0.3) is 0 Å². The molecule has 25 heavy (non-hydrogen) atoms. The first-order chi connectivity index (χ1) is 12.4. The van der Waals surface area contributed by atoms with Gasteiger partial charge in [-0.3, -0.25) is 0 Å². The van der Waals surface area contributed by atoms with E-state index in [-0.39, 0.29) is 0 Å². The number of methoxy groups -OCH3 is 1. The Balaban J connectivity index is 1.87. The third-order valence-corrected chi connectivity index (χ3v) is 3.66. The Hall–Kier alpha value is -2.99. The third-order valence-electron chi connectivity index (χ3n) is 3.66. The summed E-state index contributed by atoms with van der Waals surface area (Å²) in [6.45, 7) is 1.91. The Morgan fingerprint density at radius 3 is 2.44 bits per heavy atom. The van der Waals surface area contributed by atoms with Gasteiger partial charge in [-0.2, -0.15) is 10.1 Å². The van der Waals surface area contributed by atoms with E-state index < -0.39 is 0 Å². The molecule has 3 aromatic rings. The molecule has 3 rings (SSSR count). The number of para-hydroxylation sites is 1. The second-order valence-corrected chi connectivity index (χ2v) is 5.47. The fourth-order valence-corrected chi connectivity index (χ4v) is 2.44. The zero-order valence-electron chi connectivity index (χ0n) is 14.2. The van der Waals surface area contributed by atoms with Gasteiger partial charge in [-0.05, 0) is 17.7 Å². The third kappa shape index (κ3) is 4.74. The first-order valence-corrected chi connectivity index (χ1v) is 8.16. The molecule has 1 N–H and O–H groups in total. The summed E-state index contributed by atoms with van der Waals surface area (Å²) >= 11 is 0. The Morgan fingerprint density at radius 2 is 1.72 bits per heavy atom. The quantitative estimate of drug-likeness (QED) is 0.638. The Kier molecular flexibility index (Phi) is 5.90. The van der Waals surface area contributed by atoms with Crippen molar-refractivity contribution in [2.75, 3.05) is 30.5 Å². The fraction of sp³-hybridized carbons (Fsp3) is 0.211. The molecule has 6 heteroatoms. The summed E-state index contributed by atoms with van der Waals surface area (Å²) in [4.78, 5) is 6.72. The zero-order chi connectivity index (χ0) is 17.3. The molecule has 0 radical (unpaired) electrons.